The van der Waals surface area contributed by atoms with E-state index in [0.29, 0.717) is 22.5 Å². The summed E-state index contributed by atoms with van der Waals surface area (Å²) in [5, 5.41) is 16.1. The molecule has 3 aromatic rings. The van der Waals surface area contributed by atoms with Crippen LogP contribution in [0.1, 0.15) is 5.56 Å². The van der Waals surface area contributed by atoms with Crippen LogP contribution in [0.25, 0.3) is 23.0 Å². The number of aromatic nitrogens is 2. The van der Waals surface area contributed by atoms with Gasteiger partial charge < -0.3 is 4.74 Å². The third-order valence-corrected chi connectivity index (χ3v) is 5.36. The van der Waals surface area contributed by atoms with Gasteiger partial charge in [0, 0.05) is 37.5 Å². The summed E-state index contributed by atoms with van der Waals surface area (Å²) >= 11 is 0. The fourth-order valence-corrected chi connectivity index (χ4v) is 3.54. The van der Waals surface area contributed by atoms with E-state index in [0.717, 1.165) is 9.80 Å². The van der Waals surface area contributed by atoms with Crippen molar-refractivity contribution in [2.24, 2.45) is 0 Å². The standard InChI is InChI=1S/C23H19N5O6/c1-25-21(29)17(22(30)26(2)23(25)31)11-15-13-27(16-7-5-4-6-8-16)24-20(15)14-9-10-19(34-3)18(12-14)28(32)33/h4-13H,1-3H3. The van der Waals surface area contributed by atoms with Gasteiger partial charge in [0.05, 0.1) is 17.7 Å². The van der Waals surface area contributed by atoms with Crippen LogP contribution in [0.15, 0.2) is 60.3 Å². The van der Waals surface area contributed by atoms with E-state index in [9.17, 15) is 24.5 Å². The molecule has 11 heteroatoms. The Labute approximate surface area is 193 Å². The molecule has 0 saturated carbocycles. The lowest BCUT2D eigenvalue weighted by Crippen LogP contribution is -2.52. The van der Waals surface area contributed by atoms with Gasteiger partial charge in [-0.1, -0.05) is 18.2 Å². The molecule has 1 aromatic heterocycles. The van der Waals surface area contributed by atoms with Crippen molar-refractivity contribution in [2.75, 3.05) is 21.2 Å². The van der Waals surface area contributed by atoms with Gasteiger partial charge in [0.2, 0.25) is 0 Å². The first-order chi connectivity index (χ1) is 16.2. The largest absolute Gasteiger partial charge is 0.490 e. The van der Waals surface area contributed by atoms with Gasteiger partial charge in [-0.2, -0.15) is 5.10 Å². The van der Waals surface area contributed by atoms with Crippen LogP contribution >= 0.6 is 0 Å². The van der Waals surface area contributed by atoms with Crippen molar-refractivity contribution in [3.05, 3.63) is 76.0 Å². The number of nitrogens with zero attached hydrogens (tertiary/aromatic N) is 5. The first kappa shape index (κ1) is 22.4. The predicted molar refractivity (Wildman–Crippen MR) is 121 cm³/mol. The number of barbiturate groups is 1. The molecule has 2 aromatic carbocycles. The molecule has 0 atom stereocenters. The topological polar surface area (TPSA) is 128 Å². The van der Waals surface area contributed by atoms with Gasteiger partial charge >= 0.3 is 11.7 Å². The summed E-state index contributed by atoms with van der Waals surface area (Å²) in [6.45, 7) is 0. The van der Waals surface area contributed by atoms with Crippen LogP contribution in [0.5, 0.6) is 5.75 Å². The maximum Gasteiger partial charge on any atom is 0.333 e. The average molecular weight is 461 g/mol. The van der Waals surface area contributed by atoms with E-state index in [-0.39, 0.29) is 17.0 Å². The van der Waals surface area contributed by atoms with Gasteiger partial charge in [-0.15, -0.1) is 0 Å². The lowest BCUT2D eigenvalue weighted by Gasteiger charge is -2.28. The van der Waals surface area contributed by atoms with Crippen molar-refractivity contribution in [2.45, 2.75) is 0 Å². The van der Waals surface area contributed by atoms with Crippen LogP contribution in [0.2, 0.25) is 0 Å². The lowest BCUT2D eigenvalue weighted by atomic mass is 10.0. The molecule has 4 amide bonds. The van der Waals surface area contributed by atoms with Crippen molar-refractivity contribution in [1.82, 2.24) is 19.6 Å². The first-order valence-electron chi connectivity index (χ1n) is 10.0. The minimum Gasteiger partial charge on any atom is -0.490 e. The van der Waals surface area contributed by atoms with Gasteiger partial charge in [-0.3, -0.25) is 29.5 Å². The number of carbonyl (C=O) groups is 3. The number of amides is 4. The zero-order valence-corrected chi connectivity index (χ0v) is 18.5. The third-order valence-electron chi connectivity index (χ3n) is 5.36. The minimum atomic E-state index is -0.757. The second kappa shape index (κ2) is 8.62. The number of imide groups is 2. The summed E-state index contributed by atoms with van der Waals surface area (Å²) < 4.78 is 6.61. The summed E-state index contributed by atoms with van der Waals surface area (Å²) in [6.07, 6.45) is 2.94. The normalized spacial score (nSPS) is 14.0. The first-order valence-corrected chi connectivity index (χ1v) is 10.0. The Hall–Kier alpha value is -4.80. The fourth-order valence-electron chi connectivity index (χ4n) is 3.54. The Bertz CT molecular complexity index is 1340. The van der Waals surface area contributed by atoms with Crippen LogP contribution in [-0.2, 0) is 9.59 Å². The van der Waals surface area contributed by atoms with E-state index in [1.54, 1.807) is 24.4 Å². The number of para-hydroxylation sites is 1. The van der Waals surface area contributed by atoms with Crippen LogP contribution in [-0.4, -0.2) is 63.6 Å². The second-order valence-corrected chi connectivity index (χ2v) is 7.43. The number of ether oxygens (including phenoxy) is 1. The molecule has 4 rings (SSSR count). The summed E-state index contributed by atoms with van der Waals surface area (Å²) in [5.74, 6) is -1.44. The highest BCUT2D eigenvalue weighted by atomic mass is 16.6. The van der Waals surface area contributed by atoms with Crippen LogP contribution in [0, 0.1) is 10.1 Å². The average Bonchev–Trinajstić information content (AvgIpc) is 3.28. The highest BCUT2D eigenvalue weighted by Gasteiger charge is 2.38. The SMILES string of the molecule is COc1ccc(-c2nn(-c3ccccc3)cc2C=C2C(=O)N(C)C(=O)N(C)C2=O)cc1[N+](=O)[O-]. The number of carbonyl (C=O) groups excluding carboxylic acids is 3. The van der Waals surface area contributed by atoms with Crippen molar-refractivity contribution in [3.8, 4) is 22.7 Å². The zero-order chi connectivity index (χ0) is 24.6. The van der Waals surface area contributed by atoms with Crippen molar-refractivity contribution in [3.63, 3.8) is 0 Å². The molecule has 2 heterocycles. The molecule has 0 unspecified atom stereocenters. The molecular weight excluding hydrogens is 442 g/mol. The van der Waals surface area contributed by atoms with Gasteiger partial charge in [0.1, 0.15) is 11.3 Å². The maximum atomic E-state index is 12.7. The monoisotopic (exact) mass is 461 g/mol. The number of benzene rings is 2. The van der Waals surface area contributed by atoms with E-state index in [4.69, 9.17) is 4.74 Å². The van der Waals surface area contributed by atoms with Crippen molar-refractivity contribution < 1.29 is 24.0 Å². The molecule has 11 nitrogen and oxygen atoms in total. The molecule has 0 bridgehead atoms. The van der Waals surface area contributed by atoms with E-state index in [2.05, 4.69) is 5.10 Å². The zero-order valence-electron chi connectivity index (χ0n) is 18.5. The Morgan fingerprint density at radius 3 is 2.24 bits per heavy atom. The van der Waals surface area contributed by atoms with Crippen molar-refractivity contribution >= 4 is 29.6 Å². The molecule has 1 aliphatic heterocycles. The van der Waals surface area contributed by atoms with Gasteiger partial charge in [-0.25, -0.2) is 9.48 Å². The lowest BCUT2D eigenvalue weighted by molar-refractivity contribution is -0.385. The highest BCUT2D eigenvalue weighted by Crippen LogP contribution is 2.34. The molecule has 1 aliphatic rings. The smallest absolute Gasteiger partial charge is 0.333 e. The van der Waals surface area contributed by atoms with Gasteiger partial charge in [0.15, 0.2) is 5.75 Å². The number of rotatable bonds is 5. The summed E-state index contributed by atoms with van der Waals surface area (Å²) in [5.41, 5.74) is 1.23. The van der Waals surface area contributed by atoms with E-state index >= 15 is 0 Å². The molecule has 0 spiro atoms. The summed E-state index contributed by atoms with van der Waals surface area (Å²) in [7, 11) is 3.89. The molecule has 172 valence electrons. The van der Waals surface area contributed by atoms with Gasteiger partial charge in [0.25, 0.3) is 11.8 Å². The number of urea groups is 1. The van der Waals surface area contributed by atoms with E-state index in [1.807, 2.05) is 18.2 Å². The maximum absolute atomic E-state index is 12.7. The number of nitro groups is 1. The molecule has 0 aliphatic carbocycles. The number of likely N-dealkylation sites (N-methyl/N-ethyl adjacent to an activating group) is 2. The summed E-state index contributed by atoms with van der Waals surface area (Å²) in [4.78, 5) is 50.1. The number of hydrogen-bond acceptors (Lipinski definition) is 7. The molecule has 0 N–H and O–H groups in total. The Balaban J connectivity index is 1.92. The van der Waals surface area contributed by atoms with E-state index in [1.165, 1.54) is 44.1 Å². The number of hydrogen-bond donors (Lipinski definition) is 0. The second-order valence-electron chi connectivity index (χ2n) is 7.43. The number of nitro benzene ring substituents is 1. The summed E-state index contributed by atoms with van der Waals surface area (Å²) in [6, 6.07) is 12.7. The quantitative estimate of drug-likeness (QED) is 0.247. The highest BCUT2D eigenvalue weighted by molar-refractivity contribution is 6.30. The Morgan fingerprint density at radius 2 is 1.65 bits per heavy atom. The minimum absolute atomic E-state index is 0.0792. The van der Waals surface area contributed by atoms with Crippen LogP contribution in [0.3, 0.4) is 0 Å². The Morgan fingerprint density at radius 1 is 1.00 bits per heavy atom. The molecular formula is C23H19N5O6. The Kier molecular flexibility index (Phi) is 5.68. The van der Waals surface area contributed by atoms with E-state index < -0.39 is 22.8 Å². The fraction of sp³-hybridized carbons (Fsp3) is 0.130. The van der Waals surface area contributed by atoms with Crippen LogP contribution in [0.4, 0.5) is 10.5 Å². The molecule has 0 radical (unpaired) electrons. The third kappa shape index (κ3) is 3.79. The van der Waals surface area contributed by atoms with Crippen LogP contribution < -0.4 is 4.74 Å². The molecule has 1 fully saturated rings. The van der Waals surface area contributed by atoms with Gasteiger partial charge in [-0.05, 0) is 30.3 Å². The molecule has 34 heavy (non-hydrogen) atoms. The molecule has 1 saturated heterocycles. The number of methoxy groups -OCH3 is 1. The van der Waals surface area contributed by atoms with Crippen molar-refractivity contribution in [1.29, 1.82) is 0 Å². The predicted octanol–water partition coefficient (Wildman–Crippen LogP) is 2.89.